The van der Waals surface area contributed by atoms with E-state index in [1.165, 1.54) is 44.9 Å². The SMILES string of the molecule is Cc1ccc(N(C2=CCC=C(C3=CCCC=C3)C=C2)c2ccccc2)cc1.c1ccc(-c2ccccc2)cc1. The van der Waals surface area contributed by atoms with Crippen molar-refractivity contribution in [2.45, 2.75) is 26.2 Å². The maximum absolute atomic E-state index is 2.34. The van der Waals surface area contributed by atoms with Crippen molar-refractivity contribution in [2.24, 2.45) is 0 Å². The van der Waals surface area contributed by atoms with Crippen LogP contribution in [-0.4, -0.2) is 0 Å². The standard InChI is InChI=1S/C26H25N.C12H10/c1-21-15-18-26(19-16-21)27(24-12-6-3-7-13-24)25-14-8-11-23(17-20-25)22-9-4-2-5-10-22;1-3-7-11(8-4-1)12-9-5-2-6-10-12/h3-4,6-7,9-20H,2,5,8H2,1H3;1-10H. The Bertz CT molecular complexity index is 1450. The van der Waals surface area contributed by atoms with Crippen molar-refractivity contribution in [3.8, 4) is 11.1 Å². The molecule has 0 amide bonds. The van der Waals surface area contributed by atoms with Gasteiger partial charge in [0.05, 0.1) is 0 Å². The Hall–Kier alpha value is -4.62. The van der Waals surface area contributed by atoms with Gasteiger partial charge >= 0.3 is 0 Å². The first-order valence-electron chi connectivity index (χ1n) is 13.8. The number of para-hydroxylation sites is 1. The second-order valence-electron chi connectivity index (χ2n) is 9.74. The van der Waals surface area contributed by atoms with E-state index in [-0.39, 0.29) is 0 Å². The van der Waals surface area contributed by atoms with Crippen LogP contribution in [0.4, 0.5) is 11.4 Å². The first-order valence-corrected chi connectivity index (χ1v) is 13.8. The molecule has 1 heteroatoms. The number of hydrogen-bond acceptors (Lipinski definition) is 1. The second-order valence-corrected chi connectivity index (χ2v) is 9.74. The third-order valence-corrected chi connectivity index (χ3v) is 6.87. The van der Waals surface area contributed by atoms with Crippen molar-refractivity contribution in [2.75, 3.05) is 4.90 Å². The molecule has 2 aliphatic carbocycles. The van der Waals surface area contributed by atoms with Crippen LogP contribution in [-0.2, 0) is 0 Å². The summed E-state index contributed by atoms with van der Waals surface area (Å²) in [4.78, 5) is 2.33. The van der Waals surface area contributed by atoms with Crippen LogP contribution in [0.3, 0.4) is 0 Å². The zero-order valence-corrected chi connectivity index (χ0v) is 22.6. The summed E-state index contributed by atoms with van der Waals surface area (Å²) in [6.07, 6.45) is 19.2. The van der Waals surface area contributed by atoms with Crippen molar-refractivity contribution >= 4 is 11.4 Å². The van der Waals surface area contributed by atoms with Crippen molar-refractivity contribution in [1.82, 2.24) is 0 Å². The van der Waals surface area contributed by atoms with Gasteiger partial charge in [-0.15, -0.1) is 0 Å². The van der Waals surface area contributed by atoms with E-state index in [9.17, 15) is 0 Å². The predicted octanol–water partition coefficient (Wildman–Crippen LogP) is 10.5. The average molecular weight is 506 g/mol. The van der Waals surface area contributed by atoms with Gasteiger partial charge in [0.15, 0.2) is 0 Å². The minimum Gasteiger partial charge on any atom is -0.311 e. The molecular weight excluding hydrogens is 470 g/mol. The van der Waals surface area contributed by atoms with E-state index in [4.69, 9.17) is 0 Å². The Morgan fingerprint density at radius 2 is 1.05 bits per heavy atom. The topological polar surface area (TPSA) is 3.24 Å². The highest BCUT2D eigenvalue weighted by Crippen LogP contribution is 2.32. The van der Waals surface area contributed by atoms with E-state index in [2.05, 4.69) is 157 Å². The summed E-state index contributed by atoms with van der Waals surface area (Å²) in [7, 11) is 0. The molecule has 0 bridgehead atoms. The molecule has 0 aliphatic heterocycles. The number of hydrogen-bond donors (Lipinski definition) is 0. The fraction of sp³-hybridized carbons (Fsp3) is 0.105. The van der Waals surface area contributed by atoms with Gasteiger partial charge in [0.1, 0.15) is 0 Å². The minimum atomic E-state index is 0.929. The predicted molar refractivity (Wildman–Crippen MR) is 168 cm³/mol. The Morgan fingerprint density at radius 3 is 1.64 bits per heavy atom. The molecule has 4 aromatic rings. The maximum atomic E-state index is 2.34. The quantitative estimate of drug-likeness (QED) is 0.261. The van der Waals surface area contributed by atoms with Crippen LogP contribution >= 0.6 is 0 Å². The molecule has 0 heterocycles. The lowest BCUT2D eigenvalue weighted by atomic mass is 9.99. The molecule has 0 unspecified atom stereocenters. The summed E-state index contributed by atoms with van der Waals surface area (Å²) >= 11 is 0. The Labute approximate surface area is 233 Å². The highest BCUT2D eigenvalue weighted by molar-refractivity contribution is 5.71. The summed E-state index contributed by atoms with van der Waals surface area (Å²) < 4.78 is 0. The zero-order valence-electron chi connectivity index (χ0n) is 22.6. The van der Waals surface area contributed by atoms with Gasteiger partial charge in [-0.2, -0.15) is 0 Å². The second kappa shape index (κ2) is 13.3. The van der Waals surface area contributed by atoms with Gasteiger partial charge in [0, 0.05) is 17.1 Å². The van der Waals surface area contributed by atoms with Gasteiger partial charge in [-0.1, -0.05) is 133 Å². The van der Waals surface area contributed by atoms with Crippen LogP contribution in [0.15, 0.2) is 175 Å². The first-order chi connectivity index (χ1) is 19.3. The molecule has 6 rings (SSSR count). The highest BCUT2D eigenvalue weighted by atomic mass is 15.1. The van der Waals surface area contributed by atoms with Crippen molar-refractivity contribution in [1.29, 1.82) is 0 Å². The summed E-state index contributed by atoms with van der Waals surface area (Å²) in [5.41, 5.74) is 10.0. The van der Waals surface area contributed by atoms with Crippen molar-refractivity contribution in [3.05, 3.63) is 180 Å². The molecule has 0 saturated heterocycles. The summed E-state index contributed by atoms with van der Waals surface area (Å²) in [5, 5.41) is 0. The lowest BCUT2D eigenvalue weighted by Gasteiger charge is -2.26. The fourth-order valence-electron chi connectivity index (χ4n) is 4.80. The number of benzene rings is 4. The number of nitrogens with zero attached hydrogens (tertiary/aromatic N) is 1. The molecule has 4 aromatic carbocycles. The molecular formula is C38H35N. The third kappa shape index (κ3) is 7.03. The summed E-state index contributed by atoms with van der Waals surface area (Å²) in [6, 6.07) is 40.1. The Kier molecular flexibility index (Phi) is 8.84. The van der Waals surface area contributed by atoms with Crippen LogP contribution in [0.2, 0.25) is 0 Å². The van der Waals surface area contributed by atoms with Crippen LogP contribution in [0, 0.1) is 6.92 Å². The van der Waals surface area contributed by atoms with Crippen LogP contribution in [0.25, 0.3) is 11.1 Å². The van der Waals surface area contributed by atoms with Crippen molar-refractivity contribution in [3.63, 3.8) is 0 Å². The molecule has 0 saturated carbocycles. The van der Waals surface area contributed by atoms with E-state index in [0.717, 1.165) is 19.3 Å². The van der Waals surface area contributed by atoms with E-state index in [0.29, 0.717) is 0 Å². The Balaban J connectivity index is 0.000000214. The Morgan fingerprint density at radius 1 is 0.487 bits per heavy atom. The minimum absolute atomic E-state index is 0.929. The monoisotopic (exact) mass is 505 g/mol. The zero-order chi connectivity index (χ0) is 26.7. The van der Waals surface area contributed by atoms with E-state index in [1.54, 1.807) is 0 Å². The lowest BCUT2D eigenvalue weighted by molar-refractivity contribution is 1.02. The first kappa shape index (κ1) is 26.0. The van der Waals surface area contributed by atoms with Gasteiger partial charge in [-0.25, -0.2) is 0 Å². The molecule has 1 nitrogen and oxygen atoms in total. The third-order valence-electron chi connectivity index (χ3n) is 6.87. The molecule has 0 fully saturated rings. The number of rotatable bonds is 5. The molecule has 0 atom stereocenters. The molecule has 0 aromatic heterocycles. The molecule has 0 N–H and O–H groups in total. The molecule has 192 valence electrons. The average Bonchev–Trinajstić information content (AvgIpc) is 3.27. The lowest BCUT2D eigenvalue weighted by Crippen LogP contribution is -2.15. The maximum Gasteiger partial charge on any atom is 0.0461 e. The largest absolute Gasteiger partial charge is 0.311 e. The molecule has 0 spiro atoms. The highest BCUT2D eigenvalue weighted by Gasteiger charge is 2.14. The van der Waals surface area contributed by atoms with Gasteiger partial charge in [-0.05, 0) is 78.8 Å². The van der Waals surface area contributed by atoms with Gasteiger partial charge in [0.2, 0.25) is 0 Å². The number of aryl methyl sites for hydroxylation is 1. The summed E-state index contributed by atoms with van der Waals surface area (Å²) in [5.74, 6) is 0. The normalized spacial score (nSPS) is 14.2. The van der Waals surface area contributed by atoms with E-state index >= 15 is 0 Å². The van der Waals surface area contributed by atoms with Gasteiger partial charge in [0.25, 0.3) is 0 Å². The molecule has 2 aliphatic rings. The van der Waals surface area contributed by atoms with Gasteiger partial charge < -0.3 is 4.90 Å². The van der Waals surface area contributed by atoms with Crippen LogP contribution < -0.4 is 4.90 Å². The van der Waals surface area contributed by atoms with Crippen molar-refractivity contribution < 1.29 is 0 Å². The molecule has 39 heavy (non-hydrogen) atoms. The summed E-state index contributed by atoms with van der Waals surface area (Å²) in [6.45, 7) is 2.13. The van der Waals surface area contributed by atoms with E-state index < -0.39 is 0 Å². The smallest absolute Gasteiger partial charge is 0.0461 e. The van der Waals surface area contributed by atoms with Crippen LogP contribution in [0.5, 0.6) is 0 Å². The van der Waals surface area contributed by atoms with Crippen LogP contribution in [0.1, 0.15) is 24.8 Å². The fourth-order valence-corrected chi connectivity index (χ4v) is 4.80. The number of anilines is 2. The van der Waals surface area contributed by atoms with E-state index in [1.807, 2.05) is 12.1 Å². The molecule has 0 radical (unpaired) electrons. The van der Waals surface area contributed by atoms with Gasteiger partial charge in [-0.3, -0.25) is 0 Å². The number of allylic oxidation sites excluding steroid dienone is 9.